The van der Waals surface area contributed by atoms with Gasteiger partial charge in [-0.15, -0.1) is 0 Å². The van der Waals surface area contributed by atoms with Crippen LogP contribution in [0.5, 0.6) is 0 Å². The van der Waals surface area contributed by atoms with Crippen molar-refractivity contribution >= 4 is 11.9 Å². The summed E-state index contributed by atoms with van der Waals surface area (Å²) >= 11 is 0. The van der Waals surface area contributed by atoms with Crippen LogP contribution in [0.2, 0.25) is 0 Å². The van der Waals surface area contributed by atoms with Gasteiger partial charge in [-0.3, -0.25) is 9.59 Å². The number of carbonyl (C=O) groups excluding carboxylic acids is 2. The lowest BCUT2D eigenvalue weighted by atomic mass is 10.0. The monoisotopic (exact) mass is 848 g/mol. The standard InChI is InChI=1S/C54H105NO5/c1-3-5-7-9-11-13-15-16-17-21-24-28-32-36-40-44-48-54(59)60-49-45-41-37-33-29-25-22-19-18-20-23-27-31-35-39-43-47-53(58)55-51(50-56)52(57)46-42-38-34-30-26-14-12-10-8-6-4-2/h42,46,51-52,56-57H,3-41,43-45,47-50H2,1-2H3,(H,55,58)/b46-42+. The van der Waals surface area contributed by atoms with E-state index in [9.17, 15) is 19.8 Å². The summed E-state index contributed by atoms with van der Waals surface area (Å²) in [5, 5.41) is 23.0. The van der Waals surface area contributed by atoms with E-state index in [1.807, 2.05) is 6.08 Å². The highest BCUT2D eigenvalue weighted by Crippen LogP contribution is 2.17. The summed E-state index contributed by atoms with van der Waals surface area (Å²) in [6, 6.07) is -0.630. The minimum Gasteiger partial charge on any atom is -0.466 e. The van der Waals surface area contributed by atoms with Gasteiger partial charge in [0.1, 0.15) is 0 Å². The highest BCUT2D eigenvalue weighted by atomic mass is 16.5. The minimum absolute atomic E-state index is 0.00560. The Balaban J connectivity index is 3.40. The molecule has 6 nitrogen and oxygen atoms in total. The van der Waals surface area contributed by atoms with Crippen LogP contribution in [0, 0.1) is 0 Å². The van der Waals surface area contributed by atoms with E-state index in [1.165, 1.54) is 225 Å². The molecule has 60 heavy (non-hydrogen) atoms. The van der Waals surface area contributed by atoms with E-state index < -0.39 is 12.1 Å². The Hall–Kier alpha value is -1.40. The van der Waals surface area contributed by atoms with Gasteiger partial charge in [0.05, 0.1) is 25.4 Å². The number of hydrogen-bond acceptors (Lipinski definition) is 5. The normalized spacial score (nSPS) is 12.7. The molecule has 0 saturated carbocycles. The Morgan fingerprint density at radius 1 is 0.450 bits per heavy atom. The SMILES string of the molecule is CCCCCCCCCCC/C=C/C(O)C(CO)NC(=O)CCCCCCCCCCCCCCCCCCOC(=O)CCCCCCCCCCCCCCCCCC. The second-order valence-corrected chi connectivity index (χ2v) is 18.6. The van der Waals surface area contributed by atoms with Crippen molar-refractivity contribution in [1.29, 1.82) is 0 Å². The maximum Gasteiger partial charge on any atom is 0.305 e. The quantitative estimate of drug-likeness (QED) is 0.0322. The molecule has 0 rings (SSSR count). The van der Waals surface area contributed by atoms with E-state index in [1.54, 1.807) is 6.08 Å². The van der Waals surface area contributed by atoms with E-state index >= 15 is 0 Å². The lowest BCUT2D eigenvalue weighted by Gasteiger charge is -2.20. The molecule has 1 amide bonds. The smallest absolute Gasteiger partial charge is 0.305 e. The predicted molar refractivity (Wildman–Crippen MR) is 260 cm³/mol. The number of esters is 1. The maximum atomic E-state index is 12.4. The third kappa shape index (κ3) is 46.1. The van der Waals surface area contributed by atoms with E-state index in [0.29, 0.717) is 19.4 Å². The van der Waals surface area contributed by atoms with E-state index in [2.05, 4.69) is 19.2 Å². The van der Waals surface area contributed by atoms with Crippen LogP contribution in [-0.4, -0.2) is 47.4 Å². The van der Waals surface area contributed by atoms with Crippen LogP contribution < -0.4 is 5.32 Å². The van der Waals surface area contributed by atoms with Crippen LogP contribution >= 0.6 is 0 Å². The Morgan fingerprint density at radius 3 is 1.13 bits per heavy atom. The largest absolute Gasteiger partial charge is 0.466 e. The van der Waals surface area contributed by atoms with E-state index in [-0.39, 0.29) is 18.5 Å². The number of amides is 1. The molecule has 0 saturated heterocycles. The average Bonchev–Trinajstić information content (AvgIpc) is 3.25. The lowest BCUT2D eigenvalue weighted by Crippen LogP contribution is -2.45. The number of aliphatic hydroxyl groups excluding tert-OH is 2. The van der Waals surface area contributed by atoms with Gasteiger partial charge in [0.2, 0.25) is 5.91 Å². The summed E-state index contributed by atoms with van der Waals surface area (Å²) in [7, 11) is 0. The third-order valence-corrected chi connectivity index (χ3v) is 12.6. The summed E-state index contributed by atoms with van der Waals surface area (Å²) < 4.78 is 5.48. The van der Waals surface area contributed by atoms with Gasteiger partial charge in [0.25, 0.3) is 0 Å². The number of allylic oxidation sites excluding steroid dienone is 1. The fraction of sp³-hybridized carbons (Fsp3) is 0.926. The average molecular weight is 848 g/mol. The molecule has 0 aromatic rings. The predicted octanol–water partition coefficient (Wildman–Crippen LogP) is 16.1. The Bertz CT molecular complexity index is 893. The summed E-state index contributed by atoms with van der Waals surface area (Å²) in [4.78, 5) is 24.4. The van der Waals surface area contributed by atoms with Gasteiger partial charge in [-0.1, -0.05) is 264 Å². The molecule has 0 radical (unpaired) electrons. The molecule has 0 aromatic heterocycles. The maximum absolute atomic E-state index is 12.4. The molecule has 2 unspecified atom stereocenters. The van der Waals surface area contributed by atoms with Crippen LogP contribution in [0.3, 0.4) is 0 Å². The molecule has 356 valence electrons. The van der Waals surface area contributed by atoms with Gasteiger partial charge in [0, 0.05) is 12.8 Å². The zero-order chi connectivity index (χ0) is 43.7. The first-order chi connectivity index (χ1) is 29.5. The first-order valence-corrected chi connectivity index (χ1v) is 27.0. The number of aliphatic hydroxyl groups is 2. The van der Waals surface area contributed by atoms with Gasteiger partial charge in [-0.25, -0.2) is 0 Å². The summed E-state index contributed by atoms with van der Waals surface area (Å²) in [6.45, 7) is 4.89. The van der Waals surface area contributed by atoms with Crippen molar-refractivity contribution in [3.8, 4) is 0 Å². The molecule has 0 aliphatic heterocycles. The highest BCUT2D eigenvalue weighted by molar-refractivity contribution is 5.76. The first kappa shape index (κ1) is 58.6. The van der Waals surface area contributed by atoms with Gasteiger partial charge in [-0.2, -0.15) is 0 Å². The molecule has 3 N–H and O–H groups in total. The van der Waals surface area contributed by atoms with Crippen LogP contribution in [0.1, 0.15) is 296 Å². The number of unbranched alkanes of at least 4 members (excludes halogenated alkanes) is 39. The van der Waals surface area contributed by atoms with Crippen LogP contribution in [-0.2, 0) is 14.3 Å². The van der Waals surface area contributed by atoms with Crippen LogP contribution in [0.25, 0.3) is 0 Å². The molecule has 0 bridgehead atoms. The third-order valence-electron chi connectivity index (χ3n) is 12.6. The van der Waals surface area contributed by atoms with Gasteiger partial charge in [0.15, 0.2) is 0 Å². The molecular weight excluding hydrogens is 743 g/mol. The number of nitrogens with one attached hydrogen (secondary N) is 1. The van der Waals surface area contributed by atoms with Crippen molar-refractivity contribution in [3.63, 3.8) is 0 Å². The van der Waals surface area contributed by atoms with Crippen molar-refractivity contribution < 1.29 is 24.5 Å². The van der Waals surface area contributed by atoms with Gasteiger partial charge >= 0.3 is 5.97 Å². The molecule has 0 heterocycles. The Kier molecular flexibility index (Phi) is 49.1. The van der Waals surface area contributed by atoms with Gasteiger partial charge in [-0.05, 0) is 32.1 Å². The molecule has 0 fully saturated rings. The minimum atomic E-state index is -0.846. The Labute approximate surface area is 374 Å². The van der Waals surface area contributed by atoms with Crippen molar-refractivity contribution in [2.24, 2.45) is 0 Å². The molecular formula is C54H105NO5. The van der Waals surface area contributed by atoms with Crippen molar-refractivity contribution in [2.75, 3.05) is 13.2 Å². The second-order valence-electron chi connectivity index (χ2n) is 18.6. The topological polar surface area (TPSA) is 95.9 Å². The lowest BCUT2D eigenvalue weighted by molar-refractivity contribution is -0.143. The van der Waals surface area contributed by atoms with Crippen molar-refractivity contribution in [1.82, 2.24) is 5.32 Å². The van der Waals surface area contributed by atoms with E-state index in [0.717, 1.165) is 44.9 Å². The summed E-state index contributed by atoms with van der Waals surface area (Å²) in [6.07, 6.45) is 57.9. The number of ether oxygens (including phenoxy) is 1. The zero-order valence-corrected chi connectivity index (χ0v) is 40.5. The van der Waals surface area contributed by atoms with Crippen LogP contribution in [0.15, 0.2) is 12.2 Å². The molecule has 6 heteroatoms. The van der Waals surface area contributed by atoms with Crippen molar-refractivity contribution in [3.05, 3.63) is 12.2 Å². The fourth-order valence-corrected chi connectivity index (χ4v) is 8.40. The number of rotatable bonds is 50. The Morgan fingerprint density at radius 2 is 0.767 bits per heavy atom. The van der Waals surface area contributed by atoms with Crippen LogP contribution in [0.4, 0.5) is 0 Å². The van der Waals surface area contributed by atoms with Crippen molar-refractivity contribution in [2.45, 2.75) is 309 Å². The first-order valence-electron chi connectivity index (χ1n) is 27.0. The fourth-order valence-electron chi connectivity index (χ4n) is 8.40. The number of hydrogen-bond donors (Lipinski definition) is 3. The molecule has 0 spiro atoms. The molecule has 2 atom stereocenters. The molecule has 0 aliphatic rings. The van der Waals surface area contributed by atoms with Gasteiger partial charge < -0.3 is 20.3 Å². The van der Waals surface area contributed by atoms with E-state index in [4.69, 9.17) is 4.74 Å². The number of carbonyl (C=O) groups is 2. The second kappa shape index (κ2) is 50.2. The zero-order valence-electron chi connectivity index (χ0n) is 40.5. The summed E-state index contributed by atoms with van der Waals surface area (Å²) in [5.41, 5.74) is 0. The summed E-state index contributed by atoms with van der Waals surface area (Å²) in [5.74, 6) is -0.0695. The highest BCUT2D eigenvalue weighted by Gasteiger charge is 2.18. The molecule has 0 aromatic carbocycles. The molecule has 0 aliphatic carbocycles.